The zero-order valence-corrected chi connectivity index (χ0v) is 36.0. The Bertz CT molecular complexity index is 2040. The van der Waals surface area contributed by atoms with Crippen LogP contribution in [0.25, 0.3) is 0 Å². The lowest BCUT2D eigenvalue weighted by Crippen LogP contribution is -2.56. The zero-order valence-electron chi connectivity index (χ0n) is 32.7. The van der Waals surface area contributed by atoms with Crippen LogP contribution in [0.4, 0.5) is 5.69 Å². The highest BCUT2D eigenvalue weighted by Crippen LogP contribution is 2.51. The van der Waals surface area contributed by atoms with Gasteiger partial charge in [0.15, 0.2) is 5.11 Å². The Kier molecular flexibility index (Phi) is 17.2. The fourth-order valence-electron chi connectivity index (χ4n) is 6.75. The van der Waals surface area contributed by atoms with Crippen LogP contribution in [0.15, 0.2) is 53.8 Å². The van der Waals surface area contributed by atoms with Gasteiger partial charge in [0.25, 0.3) is 42.2 Å². The average molecular weight is 875 g/mol. The highest BCUT2D eigenvalue weighted by molar-refractivity contribution is 7.86. The average Bonchev–Trinajstić information content (AvgIpc) is 3.32. The standard InChI is InChI=1S/C37H54N4O12S4/c1-5-6-10-19-37(4)30-25-27(2)17-18-31(30)39(20-11-9-16-33(42)38-26-28(3)57(51,52)53)32(37)15-8-7-14-29-34(43)40(21-12-23-55(45,46)47)36(54)41(35(29)44)22-13-24-56(48,49)50/h7-8,14-15,17-18,25,28H,5-6,9-13,16,19-24,26H2,1-4H3,(H,38,42)(H,45,46,47)(H,48,49,50)(H,51,52,53)/b8-7+,32-15+. The van der Waals surface area contributed by atoms with Crippen LogP contribution < -0.4 is 10.2 Å². The molecule has 2 aliphatic heterocycles. The van der Waals surface area contributed by atoms with Gasteiger partial charge in [0.2, 0.25) is 5.91 Å². The normalized spacial score (nSPS) is 19.2. The van der Waals surface area contributed by atoms with Gasteiger partial charge in [0.1, 0.15) is 10.8 Å². The first kappa shape index (κ1) is 47.8. The maximum atomic E-state index is 13.6. The number of amides is 3. The summed E-state index contributed by atoms with van der Waals surface area (Å²) in [7, 11) is -13.0. The van der Waals surface area contributed by atoms with Crippen molar-refractivity contribution in [3.05, 3.63) is 64.9 Å². The molecule has 4 N–H and O–H groups in total. The molecule has 1 saturated heterocycles. The molecule has 318 valence electrons. The zero-order chi connectivity index (χ0) is 42.8. The molecule has 1 aromatic carbocycles. The van der Waals surface area contributed by atoms with E-state index in [9.17, 15) is 53.3 Å². The van der Waals surface area contributed by atoms with Crippen LogP contribution in [0.2, 0.25) is 0 Å². The van der Waals surface area contributed by atoms with Crippen molar-refractivity contribution >= 4 is 71.1 Å². The number of hydrogen-bond donors (Lipinski definition) is 4. The van der Waals surface area contributed by atoms with Crippen LogP contribution in [0.3, 0.4) is 0 Å². The Hall–Kier alpha value is -3.53. The molecule has 0 aliphatic carbocycles. The third-order valence-corrected chi connectivity index (χ3v) is 13.1. The van der Waals surface area contributed by atoms with Crippen LogP contribution in [-0.2, 0) is 50.2 Å². The van der Waals surface area contributed by atoms with Crippen molar-refractivity contribution < 1.29 is 53.3 Å². The number of anilines is 1. The Labute approximate surface area is 341 Å². The van der Waals surface area contributed by atoms with Crippen molar-refractivity contribution in [2.45, 2.75) is 96.1 Å². The Morgan fingerprint density at radius 3 is 1.95 bits per heavy atom. The van der Waals surface area contributed by atoms with Gasteiger partial charge in [-0.1, -0.05) is 56.0 Å². The smallest absolute Gasteiger partial charge is 0.269 e. The summed E-state index contributed by atoms with van der Waals surface area (Å²) in [5.74, 6) is -3.26. The predicted octanol–water partition coefficient (Wildman–Crippen LogP) is 4.09. The first-order valence-electron chi connectivity index (χ1n) is 18.8. The van der Waals surface area contributed by atoms with E-state index in [0.717, 1.165) is 58.0 Å². The number of unbranched alkanes of at least 4 members (excludes halogenated alkanes) is 3. The molecule has 2 heterocycles. The molecule has 1 fully saturated rings. The fourth-order valence-corrected chi connectivity index (χ4v) is 8.38. The lowest BCUT2D eigenvalue weighted by atomic mass is 9.76. The van der Waals surface area contributed by atoms with E-state index in [-0.39, 0.29) is 55.5 Å². The summed E-state index contributed by atoms with van der Waals surface area (Å²) in [6.45, 7) is 7.46. The third kappa shape index (κ3) is 13.8. The van der Waals surface area contributed by atoms with E-state index in [1.54, 1.807) is 6.08 Å². The second-order valence-corrected chi connectivity index (χ2v) is 19.9. The van der Waals surface area contributed by atoms with Crippen molar-refractivity contribution in [3.8, 4) is 0 Å². The van der Waals surface area contributed by atoms with Gasteiger partial charge >= 0.3 is 0 Å². The summed E-state index contributed by atoms with van der Waals surface area (Å²) in [6, 6.07) is 6.26. The molecule has 2 unspecified atom stereocenters. The number of allylic oxidation sites excluding steroid dienone is 5. The van der Waals surface area contributed by atoms with Gasteiger partial charge in [0.05, 0.1) is 11.5 Å². The van der Waals surface area contributed by atoms with E-state index in [1.165, 1.54) is 19.1 Å². The lowest BCUT2D eigenvalue weighted by molar-refractivity contribution is -0.134. The van der Waals surface area contributed by atoms with Crippen LogP contribution in [0, 0.1) is 6.92 Å². The van der Waals surface area contributed by atoms with Crippen LogP contribution in [0.5, 0.6) is 0 Å². The quantitative estimate of drug-likeness (QED) is 0.0423. The van der Waals surface area contributed by atoms with Gasteiger partial charge in [-0.2, -0.15) is 25.3 Å². The summed E-state index contributed by atoms with van der Waals surface area (Å²) >= 11 is 5.37. The number of fused-ring (bicyclic) bond motifs is 1. The minimum absolute atomic E-state index is 0.151. The molecule has 3 rings (SSSR count). The van der Waals surface area contributed by atoms with Crippen LogP contribution in [0.1, 0.15) is 89.7 Å². The first-order valence-corrected chi connectivity index (χ1v) is 23.9. The number of carbonyl (C=O) groups is 3. The number of thiocarbonyl (C=S) groups is 1. The molecular formula is C37H54N4O12S4. The van der Waals surface area contributed by atoms with Gasteiger partial charge in [-0.15, -0.1) is 0 Å². The number of benzene rings is 1. The molecule has 0 radical (unpaired) electrons. The second-order valence-electron chi connectivity index (χ2n) is 14.5. The van der Waals surface area contributed by atoms with E-state index in [1.807, 2.05) is 19.1 Å². The summed E-state index contributed by atoms with van der Waals surface area (Å²) in [6.07, 6.45) is 11.1. The third-order valence-electron chi connectivity index (χ3n) is 9.91. The molecule has 16 nitrogen and oxygen atoms in total. The molecular weight excluding hydrogens is 821 g/mol. The molecule has 0 saturated carbocycles. The molecule has 20 heteroatoms. The van der Waals surface area contributed by atoms with E-state index in [4.69, 9.17) is 12.2 Å². The molecule has 0 aromatic heterocycles. The van der Waals surface area contributed by atoms with Crippen LogP contribution >= 0.6 is 12.2 Å². The van der Waals surface area contributed by atoms with E-state index in [2.05, 4.69) is 36.2 Å². The summed E-state index contributed by atoms with van der Waals surface area (Å²) in [5.41, 5.74) is 3.46. The largest absolute Gasteiger partial charge is 0.355 e. The summed E-state index contributed by atoms with van der Waals surface area (Å²) < 4.78 is 95.6. The molecule has 0 bridgehead atoms. The number of carbonyl (C=O) groups excluding carboxylic acids is 3. The number of nitrogens with zero attached hydrogens (tertiary/aromatic N) is 3. The molecule has 2 atom stereocenters. The molecule has 0 spiro atoms. The minimum atomic E-state index is -4.36. The Balaban J connectivity index is 1.94. The minimum Gasteiger partial charge on any atom is -0.355 e. The summed E-state index contributed by atoms with van der Waals surface area (Å²) in [4.78, 5) is 43.8. The van der Waals surface area contributed by atoms with Crippen molar-refractivity contribution in [1.29, 1.82) is 0 Å². The molecule has 2 aliphatic rings. The number of rotatable bonds is 22. The SMILES string of the molecule is CCCCCC1(C)/C(=C\C=C\C=C2C(=O)N(CCCS(=O)(=O)O)C(=S)N(CCCS(=O)(=O)O)C2=O)N(CCCCC(=O)NCC(C)S(=O)(=O)O)c2ccc(C)cc21. The Morgan fingerprint density at radius 1 is 0.842 bits per heavy atom. The van der Waals surface area contributed by atoms with Gasteiger partial charge < -0.3 is 10.2 Å². The molecule has 1 aromatic rings. The Morgan fingerprint density at radius 2 is 1.40 bits per heavy atom. The van der Waals surface area contributed by atoms with Gasteiger partial charge in [-0.05, 0) is 88.9 Å². The highest BCUT2D eigenvalue weighted by atomic mass is 32.2. The highest BCUT2D eigenvalue weighted by Gasteiger charge is 2.43. The number of nitrogens with one attached hydrogen (secondary N) is 1. The first-order chi connectivity index (χ1) is 26.5. The maximum Gasteiger partial charge on any atom is 0.269 e. The van der Waals surface area contributed by atoms with Crippen molar-refractivity contribution in [2.75, 3.05) is 42.6 Å². The maximum absolute atomic E-state index is 13.6. The lowest BCUT2D eigenvalue weighted by Gasteiger charge is -2.36. The van der Waals surface area contributed by atoms with Gasteiger partial charge in [-0.3, -0.25) is 37.8 Å². The monoisotopic (exact) mass is 874 g/mol. The second kappa shape index (κ2) is 20.4. The number of hydrogen-bond acceptors (Lipinski definition) is 11. The van der Waals surface area contributed by atoms with Gasteiger partial charge in [-0.25, -0.2) is 0 Å². The van der Waals surface area contributed by atoms with E-state index in [0.29, 0.717) is 19.4 Å². The molecule has 57 heavy (non-hydrogen) atoms. The van der Waals surface area contributed by atoms with Crippen molar-refractivity contribution in [1.82, 2.24) is 15.1 Å². The number of aryl methyl sites for hydroxylation is 1. The summed E-state index contributed by atoms with van der Waals surface area (Å²) in [5, 5.41) is 1.16. The van der Waals surface area contributed by atoms with Gasteiger partial charge in [0, 0.05) is 49.4 Å². The van der Waals surface area contributed by atoms with E-state index >= 15 is 0 Å². The topological polar surface area (TPSA) is 236 Å². The van der Waals surface area contributed by atoms with Crippen molar-refractivity contribution in [3.63, 3.8) is 0 Å². The fraction of sp³-hybridized carbons (Fsp3) is 0.568. The van der Waals surface area contributed by atoms with E-state index < -0.39 is 64.3 Å². The van der Waals surface area contributed by atoms with Crippen molar-refractivity contribution in [2.24, 2.45) is 0 Å². The molecule has 3 amide bonds. The van der Waals surface area contributed by atoms with Crippen LogP contribution in [-0.4, -0.2) is 114 Å². The predicted molar refractivity (Wildman–Crippen MR) is 221 cm³/mol.